The van der Waals surface area contributed by atoms with Crippen molar-refractivity contribution < 1.29 is 4.79 Å². The van der Waals surface area contributed by atoms with Gasteiger partial charge in [-0.1, -0.05) is 25.5 Å². The monoisotopic (exact) mass is 248 g/mol. The average Bonchev–Trinajstić information content (AvgIpc) is 2.37. The lowest BCUT2D eigenvalue weighted by Gasteiger charge is -2.20. The molecular weight excluding hydrogens is 224 g/mol. The van der Waals surface area contributed by atoms with Gasteiger partial charge in [0.15, 0.2) is 0 Å². The van der Waals surface area contributed by atoms with Gasteiger partial charge < -0.3 is 10.6 Å². The number of nitrogens with two attached hydrogens (primary N) is 1. The van der Waals surface area contributed by atoms with Crippen molar-refractivity contribution in [3.05, 3.63) is 29.8 Å². The third-order valence-corrected chi connectivity index (χ3v) is 3.09. The summed E-state index contributed by atoms with van der Waals surface area (Å²) in [6.45, 7) is 5.86. The highest BCUT2D eigenvalue weighted by molar-refractivity contribution is 5.76. The Kier molecular flexibility index (Phi) is 6.26. The minimum absolute atomic E-state index is 0.244. The topological polar surface area (TPSA) is 46.3 Å². The summed E-state index contributed by atoms with van der Waals surface area (Å²) in [6, 6.07) is 7.76. The molecule has 0 atom stereocenters. The van der Waals surface area contributed by atoms with Crippen LogP contribution in [0.25, 0.3) is 0 Å². The molecule has 0 fully saturated rings. The van der Waals surface area contributed by atoms with E-state index in [-0.39, 0.29) is 5.91 Å². The number of nitrogen functional groups attached to an aromatic ring is 1. The number of anilines is 1. The van der Waals surface area contributed by atoms with Crippen LogP contribution in [0.1, 0.15) is 38.7 Å². The summed E-state index contributed by atoms with van der Waals surface area (Å²) in [5.41, 5.74) is 7.62. The van der Waals surface area contributed by atoms with E-state index in [0.29, 0.717) is 6.42 Å². The van der Waals surface area contributed by atoms with E-state index in [4.69, 9.17) is 5.73 Å². The van der Waals surface area contributed by atoms with E-state index >= 15 is 0 Å². The molecule has 100 valence electrons. The maximum atomic E-state index is 12.0. The molecule has 1 amide bonds. The summed E-state index contributed by atoms with van der Waals surface area (Å²) in [5, 5.41) is 0. The Hall–Kier alpha value is -1.51. The lowest BCUT2D eigenvalue weighted by molar-refractivity contribution is -0.131. The van der Waals surface area contributed by atoms with Crippen LogP contribution in [0, 0.1) is 0 Å². The van der Waals surface area contributed by atoms with E-state index in [1.165, 1.54) is 0 Å². The van der Waals surface area contributed by atoms with Crippen LogP contribution in [0.2, 0.25) is 0 Å². The summed E-state index contributed by atoms with van der Waals surface area (Å²) < 4.78 is 0. The van der Waals surface area contributed by atoms with Crippen LogP contribution in [0.4, 0.5) is 5.69 Å². The standard InChI is InChI=1S/C15H24N2O/c1-3-5-11-17(4-2)15(18)10-9-13-7-6-8-14(16)12-13/h6-8,12H,3-5,9-11,16H2,1-2H3. The van der Waals surface area contributed by atoms with Gasteiger partial charge in [0.25, 0.3) is 0 Å². The Bertz CT molecular complexity index is 377. The van der Waals surface area contributed by atoms with Crippen molar-refractivity contribution >= 4 is 11.6 Å². The molecule has 3 heteroatoms. The fraction of sp³-hybridized carbons (Fsp3) is 0.533. The first-order valence-electron chi connectivity index (χ1n) is 6.79. The van der Waals surface area contributed by atoms with Crippen LogP contribution in [0.5, 0.6) is 0 Å². The van der Waals surface area contributed by atoms with Gasteiger partial charge >= 0.3 is 0 Å². The Morgan fingerprint density at radius 2 is 2.11 bits per heavy atom. The highest BCUT2D eigenvalue weighted by atomic mass is 16.2. The van der Waals surface area contributed by atoms with Crippen molar-refractivity contribution in [3.63, 3.8) is 0 Å². The smallest absolute Gasteiger partial charge is 0.222 e. The third kappa shape index (κ3) is 4.78. The first-order valence-corrected chi connectivity index (χ1v) is 6.79. The zero-order chi connectivity index (χ0) is 13.4. The number of rotatable bonds is 7. The summed E-state index contributed by atoms with van der Waals surface area (Å²) in [6.07, 6.45) is 3.55. The molecular formula is C15H24N2O. The van der Waals surface area contributed by atoms with Crippen molar-refractivity contribution in [1.29, 1.82) is 0 Å². The van der Waals surface area contributed by atoms with E-state index in [9.17, 15) is 4.79 Å². The molecule has 18 heavy (non-hydrogen) atoms. The summed E-state index contributed by atoms with van der Waals surface area (Å²) in [7, 11) is 0. The highest BCUT2D eigenvalue weighted by Crippen LogP contribution is 2.10. The van der Waals surface area contributed by atoms with Gasteiger partial charge in [-0.15, -0.1) is 0 Å². The molecule has 3 nitrogen and oxygen atoms in total. The largest absolute Gasteiger partial charge is 0.399 e. The van der Waals surface area contributed by atoms with Crippen molar-refractivity contribution in [1.82, 2.24) is 4.90 Å². The molecule has 2 N–H and O–H groups in total. The summed E-state index contributed by atoms with van der Waals surface area (Å²) >= 11 is 0. The van der Waals surface area contributed by atoms with Gasteiger partial charge in [0.2, 0.25) is 5.91 Å². The predicted octanol–water partition coefficient (Wildman–Crippen LogP) is 2.85. The van der Waals surface area contributed by atoms with E-state index in [0.717, 1.165) is 43.6 Å². The Labute approximate surface area is 110 Å². The van der Waals surface area contributed by atoms with Gasteiger partial charge in [-0.25, -0.2) is 0 Å². The van der Waals surface area contributed by atoms with Crippen LogP contribution in [-0.2, 0) is 11.2 Å². The van der Waals surface area contributed by atoms with Crippen molar-refractivity contribution in [2.24, 2.45) is 0 Å². The average molecular weight is 248 g/mol. The molecule has 0 heterocycles. The maximum absolute atomic E-state index is 12.0. The second kappa shape index (κ2) is 7.75. The number of carbonyl (C=O) groups excluding carboxylic acids is 1. The maximum Gasteiger partial charge on any atom is 0.222 e. The quantitative estimate of drug-likeness (QED) is 0.754. The molecule has 0 aromatic heterocycles. The van der Waals surface area contributed by atoms with Crippen LogP contribution < -0.4 is 5.73 Å². The van der Waals surface area contributed by atoms with Gasteiger partial charge in [0, 0.05) is 25.2 Å². The molecule has 0 saturated carbocycles. The number of carbonyl (C=O) groups is 1. The number of hydrogen-bond donors (Lipinski definition) is 1. The minimum Gasteiger partial charge on any atom is -0.399 e. The zero-order valence-electron chi connectivity index (χ0n) is 11.5. The number of aryl methyl sites for hydroxylation is 1. The fourth-order valence-electron chi connectivity index (χ4n) is 1.97. The second-order valence-corrected chi connectivity index (χ2v) is 4.57. The van der Waals surface area contributed by atoms with Crippen molar-refractivity contribution in [3.8, 4) is 0 Å². The van der Waals surface area contributed by atoms with E-state index in [2.05, 4.69) is 6.92 Å². The molecule has 0 radical (unpaired) electrons. The van der Waals surface area contributed by atoms with Crippen molar-refractivity contribution in [2.45, 2.75) is 39.5 Å². The molecule has 1 aromatic carbocycles. The Morgan fingerprint density at radius 3 is 2.72 bits per heavy atom. The Balaban J connectivity index is 2.44. The fourth-order valence-corrected chi connectivity index (χ4v) is 1.97. The van der Waals surface area contributed by atoms with Crippen LogP contribution in [-0.4, -0.2) is 23.9 Å². The van der Waals surface area contributed by atoms with E-state index < -0.39 is 0 Å². The molecule has 0 aliphatic rings. The molecule has 0 unspecified atom stereocenters. The van der Waals surface area contributed by atoms with Gasteiger partial charge in [-0.05, 0) is 37.5 Å². The van der Waals surface area contributed by atoms with Crippen LogP contribution in [0.3, 0.4) is 0 Å². The molecule has 0 saturated heterocycles. The molecule has 0 spiro atoms. The van der Waals surface area contributed by atoms with Gasteiger partial charge in [-0.2, -0.15) is 0 Å². The second-order valence-electron chi connectivity index (χ2n) is 4.57. The van der Waals surface area contributed by atoms with Crippen LogP contribution in [0.15, 0.2) is 24.3 Å². The third-order valence-electron chi connectivity index (χ3n) is 3.09. The van der Waals surface area contributed by atoms with Crippen molar-refractivity contribution in [2.75, 3.05) is 18.8 Å². The van der Waals surface area contributed by atoms with Gasteiger partial charge in [0.1, 0.15) is 0 Å². The lowest BCUT2D eigenvalue weighted by atomic mass is 10.1. The Morgan fingerprint density at radius 1 is 1.33 bits per heavy atom. The first kappa shape index (κ1) is 14.6. The number of amides is 1. The molecule has 0 bridgehead atoms. The first-order chi connectivity index (χ1) is 8.67. The number of unbranched alkanes of at least 4 members (excludes halogenated alkanes) is 1. The van der Waals surface area contributed by atoms with Crippen LogP contribution >= 0.6 is 0 Å². The number of nitrogens with zero attached hydrogens (tertiary/aromatic N) is 1. The molecule has 1 rings (SSSR count). The van der Waals surface area contributed by atoms with Gasteiger partial charge in [0.05, 0.1) is 0 Å². The molecule has 0 aliphatic carbocycles. The predicted molar refractivity (Wildman–Crippen MR) is 76.3 cm³/mol. The summed E-state index contributed by atoms with van der Waals surface area (Å²) in [5.74, 6) is 0.244. The van der Waals surface area contributed by atoms with Gasteiger partial charge in [-0.3, -0.25) is 4.79 Å². The highest BCUT2D eigenvalue weighted by Gasteiger charge is 2.10. The molecule has 1 aromatic rings. The molecule has 0 aliphatic heterocycles. The van der Waals surface area contributed by atoms with E-state index in [1.54, 1.807) is 0 Å². The minimum atomic E-state index is 0.244. The summed E-state index contributed by atoms with van der Waals surface area (Å²) in [4.78, 5) is 14.0. The van der Waals surface area contributed by atoms with E-state index in [1.807, 2.05) is 36.1 Å². The zero-order valence-corrected chi connectivity index (χ0v) is 11.5. The number of hydrogen-bond acceptors (Lipinski definition) is 2. The number of benzene rings is 1. The SMILES string of the molecule is CCCCN(CC)C(=O)CCc1cccc(N)c1. The lowest BCUT2D eigenvalue weighted by Crippen LogP contribution is -2.31. The normalized spacial score (nSPS) is 10.3.